The van der Waals surface area contributed by atoms with Crippen LogP contribution in [0, 0.1) is 0 Å². The van der Waals surface area contributed by atoms with E-state index in [1.54, 1.807) is 0 Å². The maximum absolute atomic E-state index is 11.7. The molecule has 0 fully saturated rings. The summed E-state index contributed by atoms with van der Waals surface area (Å²) in [4.78, 5) is 11.7. The Hall–Kier alpha value is -1.35. The molecule has 0 aromatic heterocycles. The molecule has 3 N–H and O–H groups in total. The Morgan fingerprint density at radius 1 is 1.11 bits per heavy atom. The van der Waals surface area contributed by atoms with Gasteiger partial charge in [0.15, 0.2) is 0 Å². The summed E-state index contributed by atoms with van der Waals surface area (Å²) in [5, 5.41) is 2.77. The van der Waals surface area contributed by atoms with Gasteiger partial charge in [0, 0.05) is 18.7 Å². The lowest BCUT2D eigenvalue weighted by Gasteiger charge is -2.05. The summed E-state index contributed by atoms with van der Waals surface area (Å²) in [6.45, 7) is 3.23. The summed E-state index contributed by atoms with van der Waals surface area (Å²) in [6.07, 6.45) is 7.59. The van der Waals surface area contributed by atoms with Crippen LogP contribution < -0.4 is 11.1 Å². The van der Waals surface area contributed by atoms with Gasteiger partial charge in [-0.2, -0.15) is 0 Å². The van der Waals surface area contributed by atoms with E-state index in [1.807, 2.05) is 12.1 Å². The minimum atomic E-state index is -0.0417. The van der Waals surface area contributed by atoms with Crippen molar-refractivity contribution < 1.29 is 4.79 Å². The standard InChI is InChI=1S/C16H26N2O/c1-2-3-4-5-6-7-14-8-10-15(11-9-14)16(19)18-13-12-17/h8-11H,2-7,12-13,17H2,1H3,(H,18,19). The molecular formula is C16H26N2O. The minimum Gasteiger partial charge on any atom is -0.351 e. The number of amides is 1. The summed E-state index contributed by atoms with van der Waals surface area (Å²) >= 11 is 0. The Bertz CT molecular complexity index is 360. The van der Waals surface area contributed by atoms with Gasteiger partial charge in [0.1, 0.15) is 0 Å². The predicted octanol–water partition coefficient (Wildman–Crippen LogP) is 2.89. The van der Waals surface area contributed by atoms with Crippen molar-refractivity contribution >= 4 is 5.91 Å². The first-order valence-corrected chi connectivity index (χ1v) is 7.35. The molecule has 3 heteroatoms. The van der Waals surface area contributed by atoms with Gasteiger partial charge in [0.05, 0.1) is 0 Å². The van der Waals surface area contributed by atoms with Gasteiger partial charge in [0.25, 0.3) is 5.91 Å². The molecule has 0 saturated carbocycles. The number of carbonyl (C=O) groups is 1. The van der Waals surface area contributed by atoms with E-state index in [4.69, 9.17) is 5.73 Å². The summed E-state index contributed by atoms with van der Waals surface area (Å²) in [7, 11) is 0. The summed E-state index contributed by atoms with van der Waals surface area (Å²) in [6, 6.07) is 7.90. The SMILES string of the molecule is CCCCCCCc1ccc(C(=O)NCCN)cc1. The maximum atomic E-state index is 11.7. The molecule has 0 radical (unpaired) electrons. The lowest BCUT2D eigenvalue weighted by atomic mass is 10.0. The quantitative estimate of drug-likeness (QED) is 0.672. The van der Waals surface area contributed by atoms with Crippen LogP contribution in [-0.2, 0) is 6.42 Å². The van der Waals surface area contributed by atoms with Crippen molar-refractivity contribution in [2.45, 2.75) is 45.4 Å². The molecule has 0 aliphatic carbocycles. The summed E-state index contributed by atoms with van der Waals surface area (Å²) in [5.41, 5.74) is 7.38. The highest BCUT2D eigenvalue weighted by molar-refractivity contribution is 5.94. The first-order chi connectivity index (χ1) is 9.27. The molecule has 1 rings (SSSR count). The van der Waals surface area contributed by atoms with Crippen LogP contribution in [0.4, 0.5) is 0 Å². The molecule has 106 valence electrons. The van der Waals surface area contributed by atoms with Crippen molar-refractivity contribution in [3.8, 4) is 0 Å². The van der Waals surface area contributed by atoms with E-state index in [2.05, 4.69) is 24.4 Å². The molecule has 0 atom stereocenters. The Kier molecular flexibility index (Phi) is 7.91. The van der Waals surface area contributed by atoms with Crippen LogP contribution in [0.2, 0.25) is 0 Å². The number of unbranched alkanes of at least 4 members (excludes halogenated alkanes) is 4. The van der Waals surface area contributed by atoms with Gasteiger partial charge in [0.2, 0.25) is 0 Å². The lowest BCUT2D eigenvalue weighted by molar-refractivity contribution is 0.0955. The van der Waals surface area contributed by atoms with E-state index in [0.29, 0.717) is 18.7 Å². The molecule has 1 aromatic carbocycles. The highest BCUT2D eigenvalue weighted by Gasteiger charge is 2.03. The summed E-state index contributed by atoms with van der Waals surface area (Å²) in [5.74, 6) is -0.0417. The first-order valence-electron chi connectivity index (χ1n) is 7.35. The van der Waals surface area contributed by atoms with Gasteiger partial charge in [-0.25, -0.2) is 0 Å². The second-order valence-corrected chi connectivity index (χ2v) is 4.91. The Balaban J connectivity index is 2.32. The van der Waals surface area contributed by atoms with Gasteiger partial charge in [-0.3, -0.25) is 4.79 Å². The van der Waals surface area contributed by atoms with Crippen molar-refractivity contribution in [3.63, 3.8) is 0 Å². The second-order valence-electron chi connectivity index (χ2n) is 4.91. The highest BCUT2D eigenvalue weighted by atomic mass is 16.1. The van der Waals surface area contributed by atoms with Gasteiger partial charge in [-0.05, 0) is 30.5 Å². The fourth-order valence-electron chi connectivity index (χ4n) is 2.04. The average molecular weight is 262 g/mol. The van der Waals surface area contributed by atoms with Crippen LogP contribution in [0.1, 0.15) is 54.9 Å². The second kappa shape index (κ2) is 9.56. The fraction of sp³-hybridized carbons (Fsp3) is 0.562. The van der Waals surface area contributed by atoms with Crippen LogP contribution in [0.5, 0.6) is 0 Å². The van der Waals surface area contributed by atoms with Gasteiger partial charge in [-0.1, -0.05) is 44.7 Å². The number of rotatable bonds is 9. The van der Waals surface area contributed by atoms with E-state index >= 15 is 0 Å². The Morgan fingerprint density at radius 3 is 2.42 bits per heavy atom. The lowest BCUT2D eigenvalue weighted by Crippen LogP contribution is -2.28. The molecule has 1 aromatic rings. The Labute approximate surface area is 116 Å². The molecule has 19 heavy (non-hydrogen) atoms. The van der Waals surface area contributed by atoms with Gasteiger partial charge >= 0.3 is 0 Å². The van der Waals surface area contributed by atoms with Crippen molar-refractivity contribution in [2.24, 2.45) is 5.73 Å². The van der Waals surface area contributed by atoms with Gasteiger partial charge in [-0.15, -0.1) is 0 Å². The molecule has 3 nitrogen and oxygen atoms in total. The van der Waals surface area contributed by atoms with Crippen LogP contribution in [-0.4, -0.2) is 19.0 Å². The van der Waals surface area contributed by atoms with Crippen molar-refractivity contribution in [2.75, 3.05) is 13.1 Å². The minimum absolute atomic E-state index is 0.0417. The number of carbonyl (C=O) groups excluding carboxylic acids is 1. The zero-order chi connectivity index (χ0) is 13.9. The van der Waals surface area contributed by atoms with Crippen molar-refractivity contribution in [3.05, 3.63) is 35.4 Å². The van der Waals surface area contributed by atoms with Crippen molar-refractivity contribution in [1.29, 1.82) is 0 Å². The fourth-order valence-corrected chi connectivity index (χ4v) is 2.04. The molecule has 0 heterocycles. The molecule has 0 saturated heterocycles. The van der Waals surface area contributed by atoms with E-state index < -0.39 is 0 Å². The van der Waals surface area contributed by atoms with E-state index in [9.17, 15) is 4.79 Å². The zero-order valence-electron chi connectivity index (χ0n) is 12.0. The van der Waals surface area contributed by atoms with Crippen LogP contribution >= 0.6 is 0 Å². The number of hydrogen-bond acceptors (Lipinski definition) is 2. The smallest absolute Gasteiger partial charge is 0.251 e. The largest absolute Gasteiger partial charge is 0.351 e. The molecule has 0 aliphatic heterocycles. The molecular weight excluding hydrogens is 236 g/mol. The molecule has 0 aliphatic rings. The molecule has 0 unspecified atom stereocenters. The molecule has 0 spiro atoms. The zero-order valence-corrected chi connectivity index (χ0v) is 12.0. The third-order valence-electron chi connectivity index (χ3n) is 3.22. The van der Waals surface area contributed by atoms with Crippen LogP contribution in [0.25, 0.3) is 0 Å². The number of hydrogen-bond donors (Lipinski definition) is 2. The average Bonchev–Trinajstić information content (AvgIpc) is 2.45. The number of nitrogens with two attached hydrogens (primary N) is 1. The van der Waals surface area contributed by atoms with Gasteiger partial charge < -0.3 is 11.1 Å². The molecule has 1 amide bonds. The Morgan fingerprint density at radius 2 is 1.79 bits per heavy atom. The molecule has 0 bridgehead atoms. The number of aryl methyl sites for hydroxylation is 1. The summed E-state index contributed by atoms with van der Waals surface area (Å²) < 4.78 is 0. The van der Waals surface area contributed by atoms with Crippen LogP contribution in [0.15, 0.2) is 24.3 Å². The van der Waals surface area contributed by atoms with E-state index in [1.165, 1.54) is 37.7 Å². The topological polar surface area (TPSA) is 55.1 Å². The number of nitrogens with one attached hydrogen (secondary N) is 1. The number of benzene rings is 1. The monoisotopic (exact) mass is 262 g/mol. The highest BCUT2D eigenvalue weighted by Crippen LogP contribution is 2.10. The predicted molar refractivity (Wildman–Crippen MR) is 80.3 cm³/mol. The van der Waals surface area contributed by atoms with E-state index in [0.717, 1.165) is 6.42 Å². The first kappa shape index (κ1) is 15.7. The van der Waals surface area contributed by atoms with Crippen LogP contribution in [0.3, 0.4) is 0 Å². The maximum Gasteiger partial charge on any atom is 0.251 e. The third kappa shape index (κ3) is 6.39. The normalized spacial score (nSPS) is 10.4. The van der Waals surface area contributed by atoms with E-state index in [-0.39, 0.29) is 5.91 Å². The third-order valence-corrected chi connectivity index (χ3v) is 3.22. The van der Waals surface area contributed by atoms with Crippen molar-refractivity contribution in [1.82, 2.24) is 5.32 Å².